The molecule has 18 heteroatoms. The van der Waals surface area contributed by atoms with Crippen molar-refractivity contribution in [3.8, 4) is 5.75 Å². The number of hydrogen-bond acceptors (Lipinski definition) is 16. The number of nitrogens with zero attached hydrogens (tertiary/aromatic N) is 1. The van der Waals surface area contributed by atoms with E-state index in [4.69, 9.17) is 28.4 Å². The van der Waals surface area contributed by atoms with Crippen LogP contribution in [0.4, 0.5) is 0 Å². The van der Waals surface area contributed by atoms with Gasteiger partial charge in [0.25, 0.3) is 0 Å². The Hall–Kier alpha value is -4.24. The molecule has 0 aromatic heterocycles. The van der Waals surface area contributed by atoms with Gasteiger partial charge in [0, 0.05) is 38.9 Å². The fraction of sp³-hybridized carbons (Fsp3) is 0.600. The molecule has 0 spiro atoms. The summed E-state index contributed by atoms with van der Waals surface area (Å²) in [6.45, 7) is 5.41. The van der Waals surface area contributed by atoms with E-state index in [1.54, 1.807) is 54.3 Å². The number of carbonyl (C=O) groups is 4. The number of esters is 2. The zero-order chi connectivity index (χ0) is 41.9. The minimum atomic E-state index is -1.83. The number of carbonyl (C=O) groups excluding carboxylic acids is 4. The Balaban J connectivity index is 1.27. The number of aliphatic hydroxyl groups is 5. The van der Waals surface area contributed by atoms with Crippen molar-refractivity contribution >= 4 is 23.8 Å². The summed E-state index contributed by atoms with van der Waals surface area (Å²) in [7, 11) is 0. The van der Waals surface area contributed by atoms with E-state index < -0.39 is 92.1 Å². The second-order valence-electron chi connectivity index (χ2n) is 14.6. The first-order valence-corrected chi connectivity index (χ1v) is 19.6. The van der Waals surface area contributed by atoms with Crippen molar-refractivity contribution in [3.63, 3.8) is 0 Å². The van der Waals surface area contributed by atoms with E-state index >= 15 is 0 Å². The van der Waals surface area contributed by atoms with E-state index in [9.17, 15) is 44.7 Å². The predicted octanol–water partition coefficient (Wildman–Crippen LogP) is -0.317. The molecule has 0 bridgehead atoms. The lowest BCUT2D eigenvalue weighted by Gasteiger charge is -2.45. The summed E-state index contributed by atoms with van der Waals surface area (Å²) in [5.74, 6) is -1.21. The van der Waals surface area contributed by atoms with Crippen LogP contribution in [0.15, 0.2) is 54.6 Å². The fourth-order valence-electron chi connectivity index (χ4n) is 6.98. The largest absolute Gasteiger partial charge is 0.462 e. The Bertz CT molecular complexity index is 1650. The lowest BCUT2D eigenvalue weighted by Crippen LogP contribution is -2.64. The first-order chi connectivity index (χ1) is 27.7. The molecule has 7 N–H and O–H groups in total. The Morgan fingerprint density at radius 3 is 2.29 bits per heavy atom. The summed E-state index contributed by atoms with van der Waals surface area (Å²) >= 11 is 0. The van der Waals surface area contributed by atoms with Crippen LogP contribution in [-0.4, -0.2) is 154 Å². The SMILES string of the molecule is CCC(=O)N1CCCNC(=O)CC(c2ccc(OC3OC(C)C(O)C(O)C3OC3OC(COC(=O)c4ccccc4)C(O)C(O)C3O)cc2)NCCC(OC(C)=O)C1. The lowest BCUT2D eigenvalue weighted by atomic mass is 9.97. The number of benzene rings is 2. The average Bonchev–Trinajstić information content (AvgIpc) is 3.22. The maximum absolute atomic E-state index is 13.0. The molecule has 2 amide bonds. The molecule has 0 aliphatic carbocycles. The second-order valence-corrected chi connectivity index (χ2v) is 14.6. The number of aliphatic hydroxyl groups excluding tert-OH is 5. The third-order valence-corrected chi connectivity index (χ3v) is 10.3. The number of amides is 2. The molecule has 12 unspecified atom stereocenters. The van der Waals surface area contributed by atoms with Crippen LogP contribution < -0.4 is 15.4 Å². The number of rotatable bonds is 10. The molecule has 2 aromatic rings. The molecular weight excluding hydrogens is 762 g/mol. The number of nitrogens with one attached hydrogen (secondary N) is 2. The molecule has 2 aromatic carbocycles. The van der Waals surface area contributed by atoms with Gasteiger partial charge in [-0.3, -0.25) is 14.4 Å². The van der Waals surface area contributed by atoms with Crippen LogP contribution in [0.1, 0.15) is 68.4 Å². The van der Waals surface area contributed by atoms with Gasteiger partial charge in [-0.15, -0.1) is 0 Å². The number of hydrogen-bond donors (Lipinski definition) is 7. The van der Waals surface area contributed by atoms with Gasteiger partial charge in [-0.25, -0.2) is 4.79 Å². The molecule has 0 saturated carbocycles. The van der Waals surface area contributed by atoms with Gasteiger partial charge in [0.1, 0.15) is 55.1 Å². The van der Waals surface area contributed by atoms with Crippen molar-refractivity contribution in [1.82, 2.24) is 15.5 Å². The van der Waals surface area contributed by atoms with Gasteiger partial charge < -0.3 is 69.5 Å². The average molecular weight is 818 g/mol. The highest BCUT2D eigenvalue weighted by Crippen LogP contribution is 2.31. The summed E-state index contributed by atoms with van der Waals surface area (Å²) in [5.41, 5.74) is 0.960. The monoisotopic (exact) mass is 817 g/mol. The van der Waals surface area contributed by atoms with Gasteiger partial charge >= 0.3 is 11.9 Å². The normalized spacial score (nSPS) is 32.7. The van der Waals surface area contributed by atoms with E-state index in [0.29, 0.717) is 38.9 Å². The Labute approximate surface area is 336 Å². The van der Waals surface area contributed by atoms with Crippen LogP contribution in [0, 0.1) is 0 Å². The Kier molecular flexibility index (Phi) is 16.4. The molecular formula is C40H55N3O15. The molecule has 3 heterocycles. The van der Waals surface area contributed by atoms with Gasteiger partial charge in [0.05, 0.1) is 18.2 Å². The van der Waals surface area contributed by atoms with Gasteiger partial charge in [-0.05, 0) is 56.1 Å². The zero-order valence-corrected chi connectivity index (χ0v) is 32.8. The summed E-state index contributed by atoms with van der Waals surface area (Å²) in [6.07, 6.45) is -14.5. The van der Waals surface area contributed by atoms with Crippen LogP contribution in [0.3, 0.4) is 0 Å². The maximum atomic E-state index is 13.0. The first kappa shape index (κ1) is 44.9. The molecule has 3 saturated heterocycles. The summed E-state index contributed by atoms with van der Waals surface area (Å²) in [5, 5.41) is 60.2. The highest BCUT2D eigenvalue weighted by molar-refractivity contribution is 5.89. The van der Waals surface area contributed by atoms with E-state index in [-0.39, 0.29) is 36.1 Å². The standard InChI is InChI=1S/C40H55N3O15/c1-4-31(46)43-18-8-16-42-30(45)19-28(41-17-15-27(20-43)55-23(3)44)24-11-13-26(14-12-24)56-40-37(35(50)32(47)22(2)54-40)58-39-36(51)34(49)33(48)29(57-39)21-53-38(52)25-9-6-5-7-10-25/h5-7,9-14,22,27-29,32-37,39-41,47-51H,4,8,15-21H2,1-3H3,(H,42,45). The van der Waals surface area contributed by atoms with Crippen molar-refractivity contribution in [3.05, 3.63) is 65.7 Å². The van der Waals surface area contributed by atoms with E-state index in [1.165, 1.54) is 26.0 Å². The summed E-state index contributed by atoms with van der Waals surface area (Å²) < 4.78 is 34.4. The molecule has 58 heavy (non-hydrogen) atoms. The third kappa shape index (κ3) is 11.9. The zero-order valence-electron chi connectivity index (χ0n) is 32.8. The Morgan fingerprint density at radius 1 is 0.879 bits per heavy atom. The fourth-order valence-corrected chi connectivity index (χ4v) is 6.98. The highest BCUT2D eigenvalue weighted by atomic mass is 16.8. The lowest BCUT2D eigenvalue weighted by molar-refractivity contribution is -0.355. The smallest absolute Gasteiger partial charge is 0.338 e. The van der Waals surface area contributed by atoms with Crippen molar-refractivity contribution in [2.75, 3.05) is 32.8 Å². The molecule has 18 nitrogen and oxygen atoms in total. The van der Waals surface area contributed by atoms with E-state index in [1.807, 2.05) is 0 Å². The summed E-state index contributed by atoms with van der Waals surface area (Å²) in [4.78, 5) is 51.7. The second kappa shape index (κ2) is 21.1. The highest BCUT2D eigenvalue weighted by Gasteiger charge is 2.51. The molecule has 320 valence electrons. The number of ether oxygens (including phenoxy) is 6. The van der Waals surface area contributed by atoms with E-state index in [0.717, 1.165) is 5.56 Å². The van der Waals surface area contributed by atoms with Gasteiger partial charge in [-0.1, -0.05) is 37.3 Å². The van der Waals surface area contributed by atoms with Crippen LogP contribution in [0.2, 0.25) is 0 Å². The first-order valence-electron chi connectivity index (χ1n) is 19.6. The van der Waals surface area contributed by atoms with Crippen molar-refractivity contribution < 1.29 is 73.1 Å². The van der Waals surface area contributed by atoms with E-state index in [2.05, 4.69) is 10.6 Å². The molecule has 3 aliphatic heterocycles. The summed E-state index contributed by atoms with van der Waals surface area (Å²) in [6, 6.07) is 14.3. The van der Waals surface area contributed by atoms with Gasteiger partial charge in [0.2, 0.25) is 18.1 Å². The van der Waals surface area contributed by atoms with Crippen LogP contribution in [0.5, 0.6) is 5.75 Å². The van der Waals surface area contributed by atoms with Crippen LogP contribution >= 0.6 is 0 Å². The van der Waals surface area contributed by atoms with Gasteiger partial charge in [0.15, 0.2) is 12.4 Å². The molecule has 3 aliphatic rings. The topological polar surface area (TPSA) is 252 Å². The minimum Gasteiger partial charge on any atom is -0.462 e. The van der Waals surface area contributed by atoms with Crippen molar-refractivity contribution in [1.29, 1.82) is 0 Å². The molecule has 0 radical (unpaired) electrons. The third-order valence-electron chi connectivity index (χ3n) is 10.3. The molecule has 5 rings (SSSR count). The minimum absolute atomic E-state index is 0.0747. The molecule has 12 atom stereocenters. The molecule has 3 fully saturated rings. The van der Waals surface area contributed by atoms with Crippen LogP contribution in [-0.2, 0) is 38.1 Å². The van der Waals surface area contributed by atoms with Gasteiger partial charge in [-0.2, -0.15) is 0 Å². The Morgan fingerprint density at radius 2 is 1.60 bits per heavy atom. The quantitative estimate of drug-likeness (QED) is 0.152. The van der Waals surface area contributed by atoms with Crippen LogP contribution in [0.25, 0.3) is 0 Å². The maximum Gasteiger partial charge on any atom is 0.338 e. The van der Waals surface area contributed by atoms with Crippen molar-refractivity contribution in [2.24, 2.45) is 0 Å². The van der Waals surface area contributed by atoms with Crippen molar-refractivity contribution in [2.45, 2.75) is 120 Å². The predicted molar refractivity (Wildman–Crippen MR) is 202 cm³/mol.